The fraction of sp³-hybridized carbons (Fsp3) is 0.625. The van der Waals surface area contributed by atoms with Crippen LogP contribution in [0.1, 0.15) is 20.3 Å². The molecule has 0 atom stereocenters. The third-order valence-electron chi connectivity index (χ3n) is 1.30. The van der Waals surface area contributed by atoms with Gasteiger partial charge in [0.2, 0.25) is 0 Å². The minimum absolute atomic E-state index is 0.117. The second kappa shape index (κ2) is 6.16. The fourth-order valence-corrected chi connectivity index (χ4v) is 0.573. The molecule has 0 saturated carbocycles. The summed E-state index contributed by atoms with van der Waals surface area (Å²) in [6.07, 6.45) is 0.336. The Morgan fingerprint density at radius 2 is 1.85 bits per heavy atom. The van der Waals surface area contributed by atoms with E-state index in [4.69, 9.17) is 0 Å². The first kappa shape index (κ1) is 11.6. The number of rotatable bonds is 4. The van der Waals surface area contributed by atoms with Crippen molar-refractivity contribution >= 4 is 17.7 Å². The second-order valence-electron chi connectivity index (χ2n) is 2.30. The molecule has 74 valence electrons. The first-order valence-electron chi connectivity index (χ1n) is 4.08. The number of ether oxygens (including phenoxy) is 1. The molecule has 0 rings (SSSR count). The molecule has 0 unspecified atom stereocenters. The van der Waals surface area contributed by atoms with Gasteiger partial charge in [-0.1, -0.05) is 6.92 Å². The predicted octanol–water partition coefficient (Wildman–Crippen LogP) is -0.355. The van der Waals surface area contributed by atoms with Gasteiger partial charge in [-0.05, 0) is 6.92 Å². The fourth-order valence-electron chi connectivity index (χ4n) is 0.573. The number of carbonyl (C=O) groups excluding carboxylic acids is 3. The number of carbonyl (C=O) groups is 3. The average Bonchev–Trinajstić information content (AvgIpc) is 2.13. The Kier molecular flexibility index (Phi) is 5.50. The molecule has 0 aliphatic rings. The topological polar surface area (TPSA) is 72.5 Å². The van der Waals surface area contributed by atoms with Crippen molar-refractivity contribution in [3.05, 3.63) is 0 Å². The maximum Gasteiger partial charge on any atom is 0.396 e. The standard InChI is InChI=1S/C8H13NO4/c1-3-6(10)5-9-7(11)8(12)13-4-2/h3-5H2,1-2H3,(H,9,11). The van der Waals surface area contributed by atoms with Crippen molar-refractivity contribution in [1.29, 1.82) is 0 Å². The van der Waals surface area contributed by atoms with Gasteiger partial charge in [-0.3, -0.25) is 9.59 Å². The van der Waals surface area contributed by atoms with E-state index in [0.717, 1.165) is 0 Å². The molecule has 1 amide bonds. The van der Waals surface area contributed by atoms with E-state index in [1.807, 2.05) is 0 Å². The maximum atomic E-state index is 10.8. The Bertz CT molecular complexity index is 212. The molecule has 0 aromatic rings. The summed E-state index contributed by atoms with van der Waals surface area (Å²) in [5, 5.41) is 2.15. The van der Waals surface area contributed by atoms with E-state index in [1.54, 1.807) is 13.8 Å². The van der Waals surface area contributed by atoms with Gasteiger partial charge >= 0.3 is 11.9 Å². The van der Waals surface area contributed by atoms with Crippen molar-refractivity contribution in [3.8, 4) is 0 Å². The minimum Gasteiger partial charge on any atom is -0.459 e. The number of hydrogen-bond donors (Lipinski definition) is 1. The molecular formula is C8H13NO4. The molecule has 0 spiro atoms. The second-order valence-corrected chi connectivity index (χ2v) is 2.30. The number of nitrogens with one attached hydrogen (secondary N) is 1. The van der Waals surface area contributed by atoms with Gasteiger partial charge in [0.25, 0.3) is 0 Å². The van der Waals surface area contributed by atoms with Gasteiger partial charge in [0.1, 0.15) is 0 Å². The van der Waals surface area contributed by atoms with Crippen LogP contribution in [0.25, 0.3) is 0 Å². The van der Waals surface area contributed by atoms with Gasteiger partial charge in [-0.25, -0.2) is 4.79 Å². The summed E-state index contributed by atoms with van der Waals surface area (Å²) in [6, 6.07) is 0. The van der Waals surface area contributed by atoms with Crippen LogP contribution >= 0.6 is 0 Å². The zero-order valence-corrected chi connectivity index (χ0v) is 7.75. The molecule has 0 radical (unpaired) electrons. The van der Waals surface area contributed by atoms with Crippen molar-refractivity contribution in [3.63, 3.8) is 0 Å². The normalized spacial score (nSPS) is 9.08. The van der Waals surface area contributed by atoms with Crippen LogP contribution in [-0.2, 0) is 19.1 Å². The number of Topliss-reactive ketones (excluding diaryl/α,β-unsaturated/α-hetero) is 1. The zero-order valence-electron chi connectivity index (χ0n) is 7.75. The van der Waals surface area contributed by atoms with Gasteiger partial charge in [0.05, 0.1) is 13.2 Å². The number of amides is 1. The van der Waals surface area contributed by atoms with E-state index >= 15 is 0 Å². The third-order valence-corrected chi connectivity index (χ3v) is 1.30. The van der Waals surface area contributed by atoms with Crippen LogP contribution in [0.15, 0.2) is 0 Å². The highest BCUT2D eigenvalue weighted by Gasteiger charge is 2.14. The van der Waals surface area contributed by atoms with Crippen LogP contribution in [-0.4, -0.2) is 30.8 Å². The van der Waals surface area contributed by atoms with Crippen LogP contribution in [0, 0.1) is 0 Å². The molecule has 13 heavy (non-hydrogen) atoms. The van der Waals surface area contributed by atoms with E-state index < -0.39 is 11.9 Å². The van der Waals surface area contributed by atoms with Crippen LogP contribution in [0.3, 0.4) is 0 Å². The van der Waals surface area contributed by atoms with Gasteiger partial charge in [-0.2, -0.15) is 0 Å². The summed E-state index contributed by atoms with van der Waals surface area (Å²) in [5.74, 6) is -1.95. The maximum absolute atomic E-state index is 10.8. The number of ketones is 1. The molecule has 0 bridgehead atoms. The molecule has 5 heteroatoms. The van der Waals surface area contributed by atoms with Crippen molar-refractivity contribution in [2.75, 3.05) is 13.2 Å². The molecule has 0 aliphatic carbocycles. The molecule has 0 saturated heterocycles. The Labute approximate surface area is 76.4 Å². The number of hydrogen-bond acceptors (Lipinski definition) is 4. The summed E-state index contributed by atoms with van der Waals surface area (Å²) in [4.78, 5) is 32.2. The highest BCUT2D eigenvalue weighted by Crippen LogP contribution is 1.80. The van der Waals surface area contributed by atoms with Gasteiger partial charge in [0.15, 0.2) is 5.78 Å². The quantitative estimate of drug-likeness (QED) is 0.482. The molecule has 0 aromatic heterocycles. The van der Waals surface area contributed by atoms with E-state index in [2.05, 4.69) is 10.1 Å². The van der Waals surface area contributed by atoms with E-state index in [-0.39, 0.29) is 18.9 Å². The van der Waals surface area contributed by atoms with Crippen molar-refractivity contribution in [1.82, 2.24) is 5.32 Å². The zero-order chi connectivity index (χ0) is 10.3. The SMILES string of the molecule is CCOC(=O)C(=O)NCC(=O)CC. The lowest BCUT2D eigenvalue weighted by molar-refractivity contribution is -0.154. The first-order chi connectivity index (χ1) is 6.11. The summed E-state index contributed by atoms with van der Waals surface area (Å²) >= 11 is 0. The summed E-state index contributed by atoms with van der Waals surface area (Å²) in [7, 11) is 0. The lowest BCUT2D eigenvalue weighted by atomic mass is 10.3. The molecular weight excluding hydrogens is 174 g/mol. The van der Waals surface area contributed by atoms with Crippen molar-refractivity contribution in [2.24, 2.45) is 0 Å². The van der Waals surface area contributed by atoms with Crippen LogP contribution in [0.2, 0.25) is 0 Å². The number of esters is 1. The lowest BCUT2D eigenvalue weighted by Crippen LogP contribution is -2.35. The van der Waals surface area contributed by atoms with Crippen LogP contribution < -0.4 is 5.32 Å². The molecule has 5 nitrogen and oxygen atoms in total. The molecule has 0 heterocycles. The van der Waals surface area contributed by atoms with E-state index in [1.165, 1.54) is 0 Å². The summed E-state index contributed by atoms with van der Waals surface area (Å²) in [6.45, 7) is 3.31. The summed E-state index contributed by atoms with van der Waals surface area (Å²) < 4.78 is 4.41. The van der Waals surface area contributed by atoms with Crippen LogP contribution in [0.5, 0.6) is 0 Å². The van der Waals surface area contributed by atoms with Crippen molar-refractivity contribution < 1.29 is 19.1 Å². The minimum atomic E-state index is -0.952. The first-order valence-corrected chi connectivity index (χ1v) is 4.08. The average molecular weight is 187 g/mol. The largest absolute Gasteiger partial charge is 0.459 e. The highest BCUT2D eigenvalue weighted by atomic mass is 16.5. The molecule has 0 fully saturated rings. The van der Waals surface area contributed by atoms with Crippen LogP contribution in [0.4, 0.5) is 0 Å². The monoisotopic (exact) mass is 187 g/mol. The van der Waals surface area contributed by atoms with Crippen molar-refractivity contribution in [2.45, 2.75) is 20.3 Å². The Morgan fingerprint density at radius 3 is 2.31 bits per heavy atom. The van der Waals surface area contributed by atoms with Gasteiger partial charge in [-0.15, -0.1) is 0 Å². The lowest BCUT2D eigenvalue weighted by Gasteiger charge is -2.02. The van der Waals surface area contributed by atoms with E-state index in [9.17, 15) is 14.4 Å². The molecule has 1 N–H and O–H groups in total. The molecule has 0 aromatic carbocycles. The Hall–Kier alpha value is -1.39. The summed E-state index contributed by atoms with van der Waals surface area (Å²) in [5.41, 5.74) is 0. The Morgan fingerprint density at radius 1 is 1.23 bits per heavy atom. The molecule has 0 aliphatic heterocycles. The third kappa shape index (κ3) is 4.95. The van der Waals surface area contributed by atoms with E-state index in [0.29, 0.717) is 6.42 Å². The van der Waals surface area contributed by atoms with Gasteiger partial charge in [0, 0.05) is 6.42 Å². The smallest absolute Gasteiger partial charge is 0.396 e. The van der Waals surface area contributed by atoms with Gasteiger partial charge < -0.3 is 10.1 Å². The Balaban J connectivity index is 3.74. The highest BCUT2D eigenvalue weighted by molar-refractivity contribution is 6.32. The predicted molar refractivity (Wildman–Crippen MR) is 44.9 cm³/mol.